The molecule has 458 valence electrons. The molecule has 0 saturated heterocycles. The summed E-state index contributed by atoms with van der Waals surface area (Å²) in [6.07, 6.45) is 20.3. The van der Waals surface area contributed by atoms with Gasteiger partial charge in [-0.2, -0.15) is 0 Å². The highest BCUT2D eigenvalue weighted by Gasteiger charge is 2.24. The second kappa shape index (κ2) is 39.2. The van der Waals surface area contributed by atoms with Crippen LogP contribution in [0.5, 0.6) is 0 Å². The monoisotopic (exact) mass is 1120 g/mol. The maximum atomic E-state index is 4.18. The van der Waals surface area contributed by atoms with Gasteiger partial charge in [-0.3, -0.25) is 0 Å². The molecule has 2 heteroatoms. The number of nitrogens with zero attached hydrogens (tertiary/aromatic N) is 2. The minimum Gasteiger partial charge on any atom is -0.340 e. The Balaban J connectivity index is 0.000000326. The van der Waals surface area contributed by atoms with E-state index in [-0.39, 0.29) is 0 Å². The summed E-state index contributed by atoms with van der Waals surface area (Å²) in [5, 5.41) is 2.67. The maximum absolute atomic E-state index is 4.18. The summed E-state index contributed by atoms with van der Waals surface area (Å²) in [5.74, 6) is 11.0. The largest absolute Gasteiger partial charge is 0.340 e. The van der Waals surface area contributed by atoms with Gasteiger partial charge in [0.05, 0.1) is 12.0 Å². The molecule has 0 radical (unpaired) electrons. The van der Waals surface area contributed by atoms with Gasteiger partial charge in [0.15, 0.2) is 0 Å². The van der Waals surface area contributed by atoms with Crippen molar-refractivity contribution in [3.8, 4) is 0 Å². The molecule has 82 heavy (non-hydrogen) atoms. The van der Waals surface area contributed by atoms with Crippen LogP contribution >= 0.6 is 0 Å². The molecule has 0 N–H and O–H groups in total. The third-order valence-corrected chi connectivity index (χ3v) is 17.2. The predicted octanol–water partition coefficient (Wildman–Crippen LogP) is 25.7. The van der Waals surface area contributed by atoms with Crippen molar-refractivity contribution < 1.29 is 0 Å². The van der Waals surface area contributed by atoms with Crippen molar-refractivity contribution in [2.24, 2.45) is 42.6 Å². The van der Waals surface area contributed by atoms with Gasteiger partial charge >= 0.3 is 0 Å². The van der Waals surface area contributed by atoms with Gasteiger partial charge in [-0.1, -0.05) is 325 Å². The van der Waals surface area contributed by atoms with Gasteiger partial charge in [0.25, 0.3) is 0 Å². The molecule has 3 fully saturated rings. The van der Waals surface area contributed by atoms with E-state index in [0.717, 1.165) is 41.2 Å². The van der Waals surface area contributed by atoms with Crippen LogP contribution in [0, 0.1) is 42.4 Å². The smallest absolute Gasteiger partial charge is 0.0946 e. The van der Waals surface area contributed by atoms with E-state index in [0.29, 0.717) is 47.3 Å². The van der Waals surface area contributed by atoms with E-state index in [1.54, 1.807) is 16.7 Å². The Hall–Kier alpha value is -4.43. The van der Waals surface area contributed by atoms with Crippen LogP contribution in [0.1, 0.15) is 320 Å². The second-order valence-corrected chi connectivity index (χ2v) is 28.3. The van der Waals surface area contributed by atoms with E-state index < -0.39 is 0 Å². The SMILES string of the molecule is CC(C)C1CC1.CC(C)C1CCCC1.CC(C)C1CCCCC1.CC(C)c1cc(C(C)C)c(C(C)C)c(C(C)C)c1.CC(C)c1ccc2ccccc2c1.CC(C)c1ccccc1.CC(C)c1cn(C)cn1.Cc1ccc(C(C)C)cc1. The fourth-order valence-corrected chi connectivity index (χ4v) is 11.0. The van der Waals surface area contributed by atoms with Gasteiger partial charge in [0.1, 0.15) is 0 Å². The number of imidazole rings is 1. The summed E-state index contributed by atoms with van der Waals surface area (Å²) in [5.41, 5.74) is 12.9. The van der Waals surface area contributed by atoms with Crippen molar-refractivity contribution in [1.29, 1.82) is 0 Å². The molecule has 3 saturated carbocycles. The summed E-state index contributed by atoms with van der Waals surface area (Å²) in [7, 11) is 1.98. The fourth-order valence-electron chi connectivity index (χ4n) is 11.0. The van der Waals surface area contributed by atoms with Crippen LogP contribution in [0.3, 0.4) is 0 Å². The molecule has 0 amide bonds. The number of benzene rings is 5. The zero-order chi connectivity index (χ0) is 61.6. The lowest BCUT2D eigenvalue weighted by Crippen LogP contribution is -2.12. The summed E-state index contributed by atoms with van der Waals surface area (Å²) < 4.78 is 1.97. The van der Waals surface area contributed by atoms with Crippen LogP contribution in [0.25, 0.3) is 10.8 Å². The molecule has 9 rings (SSSR count). The molecule has 0 atom stereocenters. The van der Waals surface area contributed by atoms with Crippen molar-refractivity contribution in [2.45, 2.75) is 277 Å². The van der Waals surface area contributed by atoms with E-state index in [4.69, 9.17) is 0 Å². The summed E-state index contributed by atoms with van der Waals surface area (Å²) in [6.45, 7) is 52.2. The number of hydrogen-bond acceptors (Lipinski definition) is 1. The Kier molecular flexibility index (Phi) is 35.3. The summed E-state index contributed by atoms with van der Waals surface area (Å²) in [6, 6.07) is 39.3. The summed E-state index contributed by atoms with van der Waals surface area (Å²) >= 11 is 0. The van der Waals surface area contributed by atoms with Crippen molar-refractivity contribution in [1.82, 2.24) is 9.55 Å². The topological polar surface area (TPSA) is 17.8 Å². The van der Waals surface area contributed by atoms with E-state index in [2.05, 4.69) is 267 Å². The van der Waals surface area contributed by atoms with Crippen LogP contribution < -0.4 is 0 Å². The number of fused-ring (bicyclic) bond motifs is 1. The molecular formula is C80H128N2. The Morgan fingerprint density at radius 2 is 0.744 bits per heavy atom. The molecule has 3 aliphatic rings. The Labute approximate surface area is 509 Å². The number of hydrogen-bond donors (Lipinski definition) is 0. The quantitative estimate of drug-likeness (QED) is 0.126. The molecule has 0 spiro atoms. The Morgan fingerprint density at radius 1 is 0.354 bits per heavy atom. The van der Waals surface area contributed by atoms with Gasteiger partial charge in [-0.25, -0.2) is 4.98 Å². The van der Waals surface area contributed by atoms with E-state index in [9.17, 15) is 0 Å². The first-order valence-electron chi connectivity index (χ1n) is 33.4. The lowest BCUT2D eigenvalue weighted by atomic mass is 9.80. The molecule has 1 heterocycles. The van der Waals surface area contributed by atoms with Crippen molar-refractivity contribution in [3.63, 3.8) is 0 Å². The molecule has 0 aliphatic heterocycles. The molecule has 0 bridgehead atoms. The first-order valence-corrected chi connectivity index (χ1v) is 33.4. The molecule has 2 nitrogen and oxygen atoms in total. The van der Waals surface area contributed by atoms with Gasteiger partial charge in [0, 0.05) is 13.2 Å². The standard InChI is InChI=1S/C18H30.C13H14.C10H14.C9H18.C9H12.C8H16.C7H12N2.C6H12/c1-11(2)15-9-16(12(3)4)18(14(7)8)17(10-15)13(5)6;1-10(2)12-8-7-11-5-3-4-6-13(11)9-12;1-8(2)10-6-4-9(3)5-7-10;2*1-8(2)9-6-4-3-5-7-9;1-7(2)8-5-3-4-6-8;1-6(2)7-4-9(3)5-8-7;1-5(2)6-3-4-6/h9-14H,1-8H3;3-10H,1-2H3;4-8H,1-3H3;8-9H,3-7H2,1-2H3;3-8H,1-2H3;7-8H,3-6H2,1-2H3;4-6H,1-3H3;5-6H,3-4H2,1-2H3. The van der Waals surface area contributed by atoms with Crippen LogP contribution in [0.15, 0.2) is 122 Å². The van der Waals surface area contributed by atoms with Crippen molar-refractivity contribution in [2.75, 3.05) is 0 Å². The van der Waals surface area contributed by atoms with Gasteiger partial charge in [-0.15, -0.1) is 0 Å². The van der Waals surface area contributed by atoms with Crippen LogP contribution in [0.4, 0.5) is 0 Å². The van der Waals surface area contributed by atoms with Crippen LogP contribution in [-0.4, -0.2) is 9.55 Å². The molecule has 5 aromatic carbocycles. The zero-order valence-corrected chi connectivity index (χ0v) is 57.8. The minimum atomic E-state index is 0.547. The number of aryl methyl sites for hydroxylation is 2. The van der Waals surface area contributed by atoms with Gasteiger partial charge in [-0.05, 0) is 152 Å². The second-order valence-electron chi connectivity index (χ2n) is 28.3. The maximum Gasteiger partial charge on any atom is 0.0946 e. The highest BCUT2D eigenvalue weighted by Crippen LogP contribution is 2.37. The average molecular weight is 1120 g/mol. The molecule has 3 aliphatic carbocycles. The van der Waals surface area contributed by atoms with Crippen molar-refractivity contribution >= 4 is 10.8 Å². The third-order valence-electron chi connectivity index (χ3n) is 17.2. The van der Waals surface area contributed by atoms with E-state index >= 15 is 0 Å². The predicted molar refractivity (Wildman–Crippen MR) is 370 cm³/mol. The fraction of sp³-hybridized carbons (Fsp3) is 0.613. The normalized spacial score (nSPS) is 14.4. The van der Waals surface area contributed by atoms with E-state index in [1.807, 2.05) is 30.2 Å². The summed E-state index contributed by atoms with van der Waals surface area (Å²) in [4.78, 5) is 4.18. The average Bonchev–Trinajstić information content (AvgIpc) is 4.06. The van der Waals surface area contributed by atoms with Crippen LogP contribution in [0.2, 0.25) is 0 Å². The first-order chi connectivity index (χ1) is 38.6. The molecular weight excluding hydrogens is 989 g/mol. The third kappa shape index (κ3) is 28.9. The zero-order valence-electron chi connectivity index (χ0n) is 57.8. The van der Waals surface area contributed by atoms with Gasteiger partial charge in [0.2, 0.25) is 0 Å². The number of aromatic nitrogens is 2. The lowest BCUT2D eigenvalue weighted by molar-refractivity contribution is 0.279. The van der Waals surface area contributed by atoms with Crippen molar-refractivity contribution in [3.05, 3.63) is 172 Å². The minimum absolute atomic E-state index is 0.547. The van der Waals surface area contributed by atoms with Gasteiger partial charge < -0.3 is 4.57 Å². The highest BCUT2D eigenvalue weighted by atomic mass is 15.0. The first kappa shape index (κ1) is 73.7. The highest BCUT2D eigenvalue weighted by molar-refractivity contribution is 5.83. The Bertz CT molecular complexity index is 2500. The lowest BCUT2D eigenvalue weighted by Gasteiger charge is -2.25. The molecule has 0 unspecified atom stereocenters. The molecule has 6 aromatic rings. The Morgan fingerprint density at radius 3 is 1.06 bits per heavy atom. The van der Waals surface area contributed by atoms with E-state index in [1.165, 1.54) is 109 Å². The number of rotatable bonds is 11. The molecule has 1 aromatic heterocycles. The van der Waals surface area contributed by atoms with Crippen LogP contribution in [-0.2, 0) is 7.05 Å².